The van der Waals surface area contributed by atoms with Crippen LogP contribution >= 0.6 is 0 Å². The van der Waals surface area contributed by atoms with Crippen molar-refractivity contribution >= 4 is 21.7 Å². The van der Waals surface area contributed by atoms with E-state index in [0.717, 1.165) is 22.5 Å². The first-order valence-electron chi connectivity index (χ1n) is 9.15. The number of benzene rings is 3. The zero-order valence-corrected chi connectivity index (χ0v) is 17.8. The van der Waals surface area contributed by atoms with Crippen LogP contribution in [-0.4, -0.2) is 28.5 Å². The highest BCUT2D eigenvalue weighted by atomic mass is 32.2. The van der Waals surface area contributed by atoms with Crippen molar-refractivity contribution in [3.8, 4) is 11.5 Å². The highest BCUT2D eigenvalue weighted by molar-refractivity contribution is 7.92. The first kappa shape index (κ1) is 23.1. The minimum Gasteiger partial charge on any atom is -0.497 e. The number of nitrogens with zero attached hydrogens (tertiary/aromatic N) is 1. The van der Waals surface area contributed by atoms with Crippen molar-refractivity contribution in [2.24, 2.45) is 0 Å². The van der Waals surface area contributed by atoms with Crippen molar-refractivity contribution in [1.82, 2.24) is 0 Å². The average molecular weight is 465 g/mol. The molecule has 3 rings (SSSR count). The maximum absolute atomic E-state index is 13.0. The summed E-state index contributed by atoms with van der Waals surface area (Å²) in [4.78, 5) is 12.3. The number of sulfonamides is 1. The fraction of sp³-hybridized carbons (Fsp3) is 0.136. The topological polar surface area (TPSA) is 72.9 Å². The quantitative estimate of drug-likeness (QED) is 0.388. The van der Waals surface area contributed by atoms with E-state index in [1.54, 1.807) is 24.3 Å². The van der Waals surface area contributed by atoms with Gasteiger partial charge in [0.05, 0.1) is 28.8 Å². The molecule has 6 nitrogen and oxygen atoms in total. The summed E-state index contributed by atoms with van der Waals surface area (Å²) in [6.07, 6.45) is -4.59. The van der Waals surface area contributed by atoms with Gasteiger partial charge in [-0.25, -0.2) is 13.2 Å². The fourth-order valence-corrected chi connectivity index (χ4v) is 4.02. The fourth-order valence-electron chi connectivity index (χ4n) is 2.77. The Bertz CT molecular complexity index is 1220. The molecule has 10 heteroatoms. The SMILES string of the molecule is COc1ccc(N(C)S(=O)(=O)c2cccc(C(=O)Oc3cccc(C(F)(F)F)c3)c2)cc1. The lowest BCUT2D eigenvalue weighted by Gasteiger charge is -2.20. The van der Waals surface area contributed by atoms with E-state index >= 15 is 0 Å². The van der Waals surface area contributed by atoms with E-state index < -0.39 is 27.7 Å². The molecule has 0 aromatic heterocycles. The van der Waals surface area contributed by atoms with Gasteiger partial charge >= 0.3 is 12.1 Å². The zero-order chi connectivity index (χ0) is 23.5. The van der Waals surface area contributed by atoms with Crippen molar-refractivity contribution in [2.75, 3.05) is 18.5 Å². The first-order valence-corrected chi connectivity index (χ1v) is 10.6. The Labute approximate surface area is 182 Å². The molecule has 32 heavy (non-hydrogen) atoms. The van der Waals surface area contributed by atoms with E-state index in [9.17, 15) is 26.4 Å². The Balaban J connectivity index is 1.84. The standard InChI is InChI=1S/C22H18F3NO5S/c1-26(17-9-11-18(30-2)12-10-17)32(28,29)20-8-3-5-15(13-20)21(27)31-19-7-4-6-16(14-19)22(23,24)25/h3-14H,1-2H3. The van der Waals surface area contributed by atoms with Gasteiger partial charge in [-0.1, -0.05) is 12.1 Å². The van der Waals surface area contributed by atoms with Crippen LogP contribution in [0.3, 0.4) is 0 Å². The number of carbonyl (C=O) groups excluding carboxylic acids is 1. The molecule has 0 amide bonds. The van der Waals surface area contributed by atoms with Crippen LogP contribution in [0.1, 0.15) is 15.9 Å². The molecule has 3 aromatic carbocycles. The minimum atomic E-state index is -4.59. The molecule has 3 aromatic rings. The van der Waals surface area contributed by atoms with Crippen LogP contribution in [-0.2, 0) is 16.2 Å². The monoisotopic (exact) mass is 465 g/mol. The molecule has 0 atom stereocenters. The van der Waals surface area contributed by atoms with Gasteiger partial charge < -0.3 is 9.47 Å². The largest absolute Gasteiger partial charge is 0.497 e. The second-order valence-corrected chi connectivity index (χ2v) is 8.58. The van der Waals surface area contributed by atoms with Crippen molar-refractivity contribution in [3.05, 3.63) is 83.9 Å². The van der Waals surface area contributed by atoms with Crippen molar-refractivity contribution < 1.29 is 35.9 Å². The lowest BCUT2D eigenvalue weighted by atomic mass is 10.2. The second kappa shape index (κ2) is 8.91. The van der Waals surface area contributed by atoms with Crippen LogP contribution in [0.4, 0.5) is 18.9 Å². The molecule has 0 heterocycles. The summed E-state index contributed by atoms with van der Waals surface area (Å²) in [5, 5.41) is 0. The molecule has 0 N–H and O–H groups in total. The Kier molecular flexibility index (Phi) is 6.45. The lowest BCUT2D eigenvalue weighted by Crippen LogP contribution is -2.26. The zero-order valence-electron chi connectivity index (χ0n) is 17.0. The van der Waals surface area contributed by atoms with E-state index in [1.165, 1.54) is 38.4 Å². The van der Waals surface area contributed by atoms with Crippen molar-refractivity contribution in [1.29, 1.82) is 0 Å². The maximum Gasteiger partial charge on any atom is 0.416 e. The normalized spacial score (nSPS) is 11.7. The van der Waals surface area contributed by atoms with E-state index in [0.29, 0.717) is 17.5 Å². The Morgan fingerprint density at radius 2 is 1.56 bits per heavy atom. The van der Waals surface area contributed by atoms with Gasteiger partial charge in [-0.2, -0.15) is 13.2 Å². The van der Waals surface area contributed by atoms with E-state index in [1.807, 2.05) is 0 Å². The van der Waals surface area contributed by atoms with Gasteiger partial charge in [0.15, 0.2) is 0 Å². The molecular weight excluding hydrogens is 447 g/mol. The van der Waals surface area contributed by atoms with E-state index in [-0.39, 0.29) is 16.2 Å². The van der Waals surface area contributed by atoms with Gasteiger partial charge in [0.25, 0.3) is 10.0 Å². The van der Waals surface area contributed by atoms with Crippen LogP contribution in [0.15, 0.2) is 77.7 Å². The molecule has 0 aliphatic carbocycles. The van der Waals surface area contributed by atoms with Gasteiger partial charge in [-0.05, 0) is 60.7 Å². The number of hydrogen-bond donors (Lipinski definition) is 0. The predicted octanol–water partition coefficient (Wildman–Crippen LogP) is 4.76. The van der Waals surface area contributed by atoms with E-state index in [4.69, 9.17) is 9.47 Å². The third-order valence-corrected chi connectivity index (χ3v) is 6.32. The highest BCUT2D eigenvalue weighted by Crippen LogP contribution is 2.31. The average Bonchev–Trinajstić information content (AvgIpc) is 2.78. The van der Waals surface area contributed by atoms with Gasteiger partial charge in [0.1, 0.15) is 11.5 Å². The summed E-state index contributed by atoms with van der Waals surface area (Å²) in [6.45, 7) is 0. The number of methoxy groups -OCH3 is 1. The molecule has 0 aliphatic rings. The number of rotatable bonds is 6. The van der Waals surface area contributed by atoms with E-state index in [2.05, 4.69) is 0 Å². The summed E-state index contributed by atoms with van der Waals surface area (Å²) in [5.74, 6) is -0.749. The highest BCUT2D eigenvalue weighted by Gasteiger charge is 2.31. The number of alkyl halides is 3. The summed E-state index contributed by atoms with van der Waals surface area (Å²) in [6, 6.07) is 15.2. The first-order chi connectivity index (χ1) is 15.0. The molecule has 0 radical (unpaired) electrons. The predicted molar refractivity (Wildman–Crippen MR) is 111 cm³/mol. The summed E-state index contributed by atoms with van der Waals surface area (Å²) in [7, 11) is -1.19. The Hall–Kier alpha value is -3.53. The van der Waals surface area contributed by atoms with Crippen LogP contribution < -0.4 is 13.8 Å². The van der Waals surface area contributed by atoms with Crippen molar-refractivity contribution in [2.45, 2.75) is 11.1 Å². The molecule has 0 spiro atoms. The number of ether oxygens (including phenoxy) is 2. The lowest BCUT2D eigenvalue weighted by molar-refractivity contribution is -0.137. The van der Waals surface area contributed by atoms with Crippen LogP contribution in [0, 0.1) is 0 Å². The Morgan fingerprint density at radius 3 is 2.19 bits per heavy atom. The summed E-state index contributed by atoms with van der Waals surface area (Å²) >= 11 is 0. The second-order valence-electron chi connectivity index (χ2n) is 6.61. The summed E-state index contributed by atoms with van der Waals surface area (Å²) < 4.78 is 75.6. The Morgan fingerprint density at radius 1 is 0.906 bits per heavy atom. The molecule has 0 fully saturated rings. The van der Waals surface area contributed by atoms with Gasteiger partial charge in [-0.15, -0.1) is 0 Å². The number of carbonyl (C=O) groups is 1. The number of halogens is 3. The molecule has 0 saturated carbocycles. The minimum absolute atomic E-state index is 0.133. The number of anilines is 1. The molecule has 168 valence electrons. The van der Waals surface area contributed by atoms with Crippen LogP contribution in [0.25, 0.3) is 0 Å². The number of hydrogen-bond acceptors (Lipinski definition) is 5. The molecule has 0 unspecified atom stereocenters. The molecule has 0 aliphatic heterocycles. The van der Waals surface area contributed by atoms with Crippen LogP contribution in [0.2, 0.25) is 0 Å². The molecular formula is C22H18F3NO5S. The van der Waals surface area contributed by atoms with Crippen molar-refractivity contribution in [3.63, 3.8) is 0 Å². The maximum atomic E-state index is 13.0. The number of esters is 1. The summed E-state index contributed by atoms with van der Waals surface area (Å²) in [5.41, 5.74) is -0.741. The van der Waals surface area contributed by atoms with Gasteiger partial charge in [-0.3, -0.25) is 4.31 Å². The molecule has 0 bridgehead atoms. The van der Waals surface area contributed by atoms with Gasteiger partial charge in [0.2, 0.25) is 0 Å². The third kappa shape index (κ3) is 5.02. The molecule has 0 saturated heterocycles. The van der Waals surface area contributed by atoms with Crippen LogP contribution in [0.5, 0.6) is 11.5 Å². The third-order valence-electron chi connectivity index (χ3n) is 4.54. The van der Waals surface area contributed by atoms with Gasteiger partial charge in [0, 0.05) is 7.05 Å². The smallest absolute Gasteiger partial charge is 0.416 e.